The van der Waals surface area contributed by atoms with Gasteiger partial charge in [0.25, 0.3) is 11.8 Å². The van der Waals surface area contributed by atoms with E-state index in [1.165, 1.54) is 16.2 Å². The zero-order chi connectivity index (χ0) is 23.1. The Morgan fingerprint density at radius 3 is 2.70 bits per heavy atom. The highest BCUT2D eigenvalue weighted by atomic mass is 35.5. The summed E-state index contributed by atoms with van der Waals surface area (Å²) >= 11 is 7.55. The molecule has 1 aliphatic heterocycles. The molecule has 2 aliphatic rings. The molecule has 0 unspecified atom stereocenters. The number of carbonyl (C=O) groups is 2. The van der Waals surface area contributed by atoms with Gasteiger partial charge in [-0.15, -0.1) is 11.3 Å². The molecule has 2 atom stereocenters. The van der Waals surface area contributed by atoms with Gasteiger partial charge in [0.05, 0.1) is 5.69 Å². The molecule has 9 heteroatoms. The van der Waals surface area contributed by atoms with Crippen molar-refractivity contribution in [1.29, 1.82) is 0 Å². The molecule has 0 bridgehead atoms. The van der Waals surface area contributed by atoms with Gasteiger partial charge < -0.3 is 15.6 Å². The summed E-state index contributed by atoms with van der Waals surface area (Å²) in [4.78, 5) is 37.2. The van der Waals surface area contributed by atoms with Crippen molar-refractivity contribution in [2.24, 2.45) is 0 Å². The molecule has 5 rings (SSSR count). The van der Waals surface area contributed by atoms with Gasteiger partial charge in [-0.2, -0.15) is 0 Å². The number of aromatic amines is 1. The zero-order valence-electron chi connectivity index (χ0n) is 18.8. The minimum absolute atomic E-state index is 0.103. The Kier molecular flexibility index (Phi) is 6.16. The van der Waals surface area contributed by atoms with Crippen molar-refractivity contribution in [2.75, 3.05) is 6.54 Å². The lowest BCUT2D eigenvalue weighted by Gasteiger charge is -2.29. The van der Waals surface area contributed by atoms with Gasteiger partial charge in [0.2, 0.25) is 0 Å². The van der Waals surface area contributed by atoms with Gasteiger partial charge in [0.15, 0.2) is 5.01 Å². The van der Waals surface area contributed by atoms with Crippen LogP contribution < -0.4 is 10.6 Å². The summed E-state index contributed by atoms with van der Waals surface area (Å²) in [5.41, 5.74) is 2.41. The number of amides is 2. The Morgan fingerprint density at radius 2 is 1.94 bits per heavy atom. The van der Waals surface area contributed by atoms with Gasteiger partial charge in [-0.25, -0.2) is 4.98 Å². The van der Waals surface area contributed by atoms with Crippen LogP contribution in [-0.4, -0.2) is 51.4 Å². The molecule has 2 amide bonds. The van der Waals surface area contributed by atoms with Crippen LogP contribution in [0.5, 0.6) is 0 Å². The number of benzene rings is 1. The molecule has 0 radical (unpaired) electrons. The van der Waals surface area contributed by atoms with E-state index in [1.807, 2.05) is 12.1 Å². The highest BCUT2D eigenvalue weighted by molar-refractivity contribution is 7.13. The highest BCUT2D eigenvalue weighted by Crippen LogP contribution is 2.27. The van der Waals surface area contributed by atoms with Crippen molar-refractivity contribution in [3.05, 3.63) is 50.6 Å². The lowest BCUT2D eigenvalue weighted by molar-refractivity contribution is 0.0889. The molecule has 1 fully saturated rings. The first-order valence-corrected chi connectivity index (χ1v) is 12.7. The summed E-state index contributed by atoms with van der Waals surface area (Å²) in [5.74, 6) is -0.316. The minimum Gasteiger partial charge on any atom is -0.351 e. The van der Waals surface area contributed by atoms with Crippen LogP contribution in [0.1, 0.15) is 64.0 Å². The van der Waals surface area contributed by atoms with Crippen LogP contribution in [0.15, 0.2) is 24.3 Å². The van der Waals surface area contributed by atoms with Crippen molar-refractivity contribution in [3.63, 3.8) is 0 Å². The Hall–Kier alpha value is -2.42. The lowest BCUT2D eigenvalue weighted by Crippen LogP contribution is -2.48. The Bertz CT molecular complexity index is 1200. The molecule has 3 heterocycles. The van der Waals surface area contributed by atoms with Crippen molar-refractivity contribution in [2.45, 2.75) is 64.2 Å². The normalized spacial score (nSPS) is 20.8. The monoisotopic (exact) mass is 485 g/mol. The van der Waals surface area contributed by atoms with E-state index in [0.717, 1.165) is 55.4 Å². The smallest absolute Gasteiger partial charge is 0.280 e. The van der Waals surface area contributed by atoms with Crippen molar-refractivity contribution in [1.82, 2.24) is 25.5 Å². The standard InChI is InChI=1S/C24H28ClN5O2S/c1-13(2)30-9-8-19-21(12-30)33-24(29-19)23(32)28-18-5-3-4-17(18)27-22(31)20-11-14-10-15(25)6-7-16(14)26-20/h6-7,10-11,13,17-18,26H,3-5,8-9,12H2,1-2H3,(H,27,31)(H,28,32)/t17-,18-/m0/s1. The number of H-pyrrole nitrogens is 1. The van der Waals surface area contributed by atoms with E-state index >= 15 is 0 Å². The molecule has 1 saturated carbocycles. The minimum atomic E-state index is -0.174. The predicted octanol–water partition coefficient (Wildman–Crippen LogP) is 4.13. The van der Waals surface area contributed by atoms with Gasteiger partial charge in [-0.05, 0) is 57.4 Å². The molecule has 7 nitrogen and oxygen atoms in total. The van der Waals surface area contributed by atoms with Crippen LogP contribution in [0.2, 0.25) is 5.02 Å². The number of aromatic nitrogens is 2. The second-order valence-corrected chi connectivity index (χ2v) is 10.7. The maximum absolute atomic E-state index is 13.0. The van der Waals surface area contributed by atoms with E-state index in [1.54, 1.807) is 12.1 Å². The van der Waals surface area contributed by atoms with Gasteiger partial charge in [-0.1, -0.05) is 11.6 Å². The largest absolute Gasteiger partial charge is 0.351 e. The van der Waals surface area contributed by atoms with Crippen molar-refractivity contribution in [3.8, 4) is 0 Å². The van der Waals surface area contributed by atoms with Crippen LogP contribution in [0.4, 0.5) is 0 Å². The number of fused-ring (bicyclic) bond motifs is 2. The quantitative estimate of drug-likeness (QED) is 0.507. The molecule has 0 spiro atoms. The fraction of sp³-hybridized carbons (Fsp3) is 0.458. The Labute approximate surface area is 201 Å². The predicted molar refractivity (Wildman–Crippen MR) is 131 cm³/mol. The average molecular weight is 486 g/mol. The first-order valence-electron chi connectivity index (χ1n) is 11.5. The van der Waals surface area contributed by atoms with Crippen LogP contribution in [0.3, 0.4) is 0 Å². The summed E-state index contributed by atoms with van der Waals surface area (Å²) in [7, 11) is 0. The van der Waals surface area contributed by atoms with E-state index in [-0.39, 0.29) is 23.9 Å². The third kappa shape index (κ3) is 4.65. The van der Waals surface area contributed by atoms with Crippen molar-refractivity contribution >= 4 is 45.7 Å². The lowest BCUT2D eigenvalue weighted by atomic mass is 10.1. The third-order valence-corrected chi connectivity index (χ3v) is 7.98. The zero-order valence-corrected chi connectivity index (χ0v) is 20.4. The fourth-order valence-electron chi connectivity index (χ4n) is 4.76. The van der Waals surface area contributed by atoms with Gasteiger partial charge in [-0.3, -0.25) is 14.5 Å². The van der Waals surface area contributed by atoms with Crippen molar-refractivity contribution < 1.29 is 9.59 Å². The van der Waals surface area contributed by atoms with Crippen LogP contribution in [0.25, 0.3) is 10.9 Å². The number of nitrogens with one attached hydrogen (secondary N) is 3. The second kappa shape index (κ2) is 9.08. The van der Waals surface area contributed by atoms with E-state index < -0.39 is 0 Å². The third-order valence-electron chi connectivity index (χ3n) is 6.66. The molecular weight excluding hydrogens is 458 g/mol. The summed E-state index contributed by atoms with van der Waals surface area (Å²) in [5, 5.41) is 8.29. The summed E-state index contributed by atoms with van der Waals surface area (Å²) in [6.45, 7) is 6.22. The molecule has 0 saturated heterocycles. The maximum Gasteiger partial charge on any atom is 0.280 e. The fourth-order valence-corrected chi connectivity index (χ4v) is 5.98. The number of hydrogen-bond acceptors (Lipinski definition) is 5. The molecule has 1 aliphatic carbocycles. The number of rotatable bonds is 5. The van der Waals surface area contributed by atoms with E-state index in [0.29, 0.717) is 21.8 Å². The summed E-state index contributed by atoms with van der Waals surface area (Å²) < 4.78 is 0. The highest BCUT2D eigenvalue weighted by Gasteiger charge is 2.32. The molecule has 174 valence electrons. The van der Waals surface area contributed by atoms with Crippen LogP contribution in [0, 0.1) is 0 Å². The number of carbonyl (C=O) groups excluding carboxylic acids is 2. The average Bonchev–Trinajstić information content (AvgIpc) is 3.50. The van der Waals surface area contributed by atoms with Crippen LogP contribution in [-0.2, 0) is 13.0 Å². The SMILES string of the molecule is CC(C)N1CCc2nc(C(=O)N[C@H]3CCC[C@@H]3NC(=O)c3cc4cc(Cl)ccc4[nH]3)sc2C1. The summed E-state index contributed by atoms with van der Waals surface area (Å²) in [6, 6.07) is 7.56. The molecule has 3 N–H and O–H groups in total. The summed E-state index contributed by atoms with van der Waals surface area (Å²) in [6.07, 6.45) is 3.51. The molecule has 1 aromatic carbocycles. The van der Waals surface area contributed by atoms with Gasteiger partial charge in [0.1, 0.15) is 5.69 Å². The first kappa shape index (κ1) is 22.4. The number of nitrogens with zero attached hydrogens (tertiary/aromatic N) is 2. The molecule has 33 heavy (non-hydrogen) atoms. The van der Waals surface area contributed by atoms with E-state index in [4.69, 9.17) is 11.6 Å². The van der Waals surface area contributed by atoms with Crippen LogP contribution >= 0.6 is 22.9 Å². The van der Waals surface area contributed by atoms with E-state index in [2.05, 4.69) is 39.3 Å². The van der Waals surface area contributed by atoms with Gasteiger partial charge in [0, 0.05) is 58.4 Å². The topological polar surface area (TPSA) is 90.1 Å². The molecule has 2 aromatic heterocycles. The second-order valence-electron chi connectivity index (χ2n) is 9.21. The maximum atomic E-state index is 13.0. The van der Waals surface area contributed by atoms with Gasteiger partial charge >= 0.3 is 0 Å². The number of halogens is 1. The number of hydrogen-bond donors (Lipinski definition) is 3. The number of thiazole rings is 1. The first-order chi connectivity index (χ1) is 15.9. The Balaban J connectivity index is 1.23. The molecular formula is C24H28ClN5O2S. The van der Waals surface area contributed by atoms with E-state index in [9.17, 15) is 9.59 Å². The molecule has 3 aromatic rings. The Morgan fingerprint density at radius 1 is 1.18 bits per heavy atom.